The Bertz CT molecular complexity index is 630. The van der Waals surface area contributed by atoms with Crippen LogP contribution in [0.1, 0.15) is 18.2 Å². The molecule has 2 rings (SSSR count). The van der Waals surface area contributed by atoms with E-state index in [9.17, 15) is 10.4 Å². The van der Waals surface area contributed by atoms with Crippen molar-refractivity contribution in [1.29, 1.82) is 5.26 Å². The summed E-state index contributed by atoms with van der Waals surface area (Å²) in [6, 6.07) is 13.8. The lowest BCUT2D eigenvalue weighted by atomic mass is 10.0. The molecule has 4 heteroatoms. The average molecular weight is 267 g/mol. The van der Waals surface area contributed by atoms with Crippen molar-refractivity contribution < 1.29 is 5.11 Å². The van der Waals surface area contributed by atoms with Gasteiger partial charge in [0, 0.05) is 17.8 Å². The van der Waals surface area contributed by atoms with Crippen molar-refractivity contribution in [2.45, 2.75) is 20.0 Å². The molecule has 1 heterocycles. The highest BCUT2D eigenvalue weighted by Gasteiger charge is 2.10. The molecule has 0 bridgehead atoms. The molecule has 0 aliphatic heterocycles. The number of nitriles is 1. The first kappa shape index (κ1) is 14.0. The van der Waals surface area contributed by atoms with Gasteiger partial charge in [-0.2, -0.15) is 5.26 Å². The van der Waals surface area contributed by atoms with Crippen molar-refractivity contribution in [3.05, 3.63) is 47.7 Å². The van der Waals surface area contributed by atoms with Crippen LogP contribution in [0.4, 0.5) is 5.82 Å². The highest BCUT2D eigenvalue weighted by molar-refractivity contribution is 5.70. The Balaban J connectivity index is 2.41. The number of nitrogens with one attached hydrogen (secondary N) is 1. The number of hydrogen-bond donors (Lipinski definition) is 2. The summed E-state index contributed by atoms with van der Waals surface area (Å²) in [5.74, 6) is 0.519. The maximum Gasteiger partial charge on any atom is 0.144 e. The number of pyridine rings is 1. The van der Waals surface area contributed by atoms with Gasteiger partial charge in [0.2, 0.25) is 0 Å². The normalized spacial score (nSPS) is 11.7. The molecule has 1 aromatic heterocycles. The van der Waals surface area contributed by atoms with Crippen LogP contribution in [-0.2, 0) is 0 Å². The minimum atomic E-state index is -0.488. The first-order chi connectivity index (χ1) is 9.61. The van der Waals surface area contributed by atoms with E-state index >= 15 is 0 Å². The molecule has 0 spiro atoms. The van der Waals surface area contributed by atoms with Gasteiger partial charge in [-0.05, 0) is 25.5 Å². The number of benzene rings is 1. The zero-order valence-corrected chi connectivity index (χ0v) is 11.6. The quantitative estimate of drug-likeness (QED) is 0.893. The van der Waals surface area contributed by atoms with E-state index < -0.39 is 6.10 Å². The van der Waals surface area contributed by atoms with Gasteiger partial charge in [-0.3, -0.25) is 0 Å². The van der Waals surface area contributed by atoms with E-state index in [2.05, 4.69) is 16.4 Å². The Morgan fingerprint density at radius 3 is 2.65 bits per heavy atom. The molecule has 0 amide bonds. The molecule has 2 aromatic rings. The molecule has 0 saturated heterocycles. The number of hydrogen-bond acceptors (Lipinski definition) is 4. The molecule has 0 aliphatic rings. The largest absolute Gasteiger partial charge is 0.392 e. The molecule has 1 atom stereocenters. The summed E-state index contributed by atoms with van der Waals surface area (Å²) in [5.41, 5.74) is 3.32. The van der Waals surface area contributed by atoms with Crippen molar-refractivity contribution in [3.8, 4) is 17.2 Å². The van der Waals surface area contributed by atoms with Gasteiger partial charge in [0.15, 0.2) is 0 Å². The topological polar surface area (TPSA) is 68.9 Å². The number of aromatic nitrogens is 1. The molecule has 0 saturated carbocycles. The van der Waals surface area contributed by atoms with Gasteiger partial charge in [-0.15, -0.1) is 0 Å². The first-order valence-electron chi connectivity index (χ1n) is 6.51. The van der Waals surface area contributed by atoms with Gasteiger partial charge < -0.3 is 10.4 Å². The Hall–Kier alpha value is -2.38. The van der Waals surface area contributed by atoms with Gasteiger partial charge in [0.05, 0.1) is 11.7 Å². The minimum Gasteiger partial charge on any atom is -0.392 e. The Labute approximate surface area is 118 Å². The van der Waals surface area contributed by atoms with Crippen LogP contribution in [0, 0.1) is 18.3 Å². The van der Waals surface area contributed by atoms with Crippen LogP contribution in [0.15, 0.2) is 36.4 Å². The second kappa shape index (κ2) is 6.18. The van der Waals surface area contributed by atoms with E-state index in [1.807, 2.05) is 43.3 Å². The first-order valence-corrected chi connectivity index (χ1v) is 6.51. The maximum absolute atomic E-state index is 9.31. The molecule has 0 radical (unpaired) electrons. The molecule has 1 aromatic carbocycles. The number of aliphatic hydroxyl groups is 1. The monoisotopic (exact) mass is 267 g/mol. The summed E-state index contributed by atoms with van der Waals surface area (Å²) >= 11 is 0. The third-order valence-corrected chi connectivity index (χ3v) is 2.98. The zero-order valence-electron chi connectivity index (χ0n) is 11.6. The third kappa shape index (κ3) is 3.14. The van der Waals surface area contributed by atoms with Gasteiger partial charge in [0.25, 0.3) is 0 Å². The van der Waals surface area contributed by atoms with E-state index in [-0.39, 0.29) is 0 Å². The summed E-state index contributed by atoms with van der Waals surface area (Å²) in [7, 11) is 0. The van der Waals surface area contributed by atoms with Gasteiger partial charge in [0.1, 0.15) is 11.9 Å². The molecule has 102 valence electrons. The Morgan fingerprint density at radius 2 is 2.05 bits per heavy atom. The molecular formula is C16H17N3O. The van der Waals surface area contributed by atoms with Gasteiger partial charge >= 0.3 is 0 Å². The second-order valence-electron chi connectivity index (χ2n) is 4.73. The molecule has 1 unspecified atom stereocenters. The van der Waals surface area contributed by atoms with Crippen LogP contribution in [0.2, 0.25) is 0 Å². The second-order valence-corrected chi connectivity index (χ2v) is 4.73. The Kier molecular flexibility index (Phi) is 4.34. The number of nitrogens with zero attached hydrogens (tertiary/aromatic N) is 2. The Morgan fingerprint density at radius 1 is 1.35 bits per heavy atom. The van der Waals surface area contributed by atoms with Crippen LogP contribution >= 0.6 is 0 Å². The molecule has 0 aliphatic carbocycles. The van der Waals surface area contributed by atoms with Crippen LogP contribution in [0.3, 0.4) is 0 Å². The summed E-state index contributed by atoms with van der Waals surface area (Å²) in [5, 5.41) is 21.6. The standard InChI is InChI=1S/C16H17N3O/c1-11(20)10-18-16-14(9-17)8-15(12(2)19-16)13-6-4-3-5-7-13/h3-8,11,20H,10H2,1-2H3,(H,18,19). The fraction of sp³-hybridized carbons (Fsp3) is 0.250. The van der Waals surface area contributed by atoms with E-state index in [1.54, 1.807) is 6.92 Å². The summed E-state index contributed by atoms with van der Waals surface area (Å²) in [4.78, 5) is 4.45. The van der Waals surface area contributed by atoms with Crippen LogP contribution < -0.4 is 5.32 Å². The lowest BCUT2D eigenvalue weighted by Crippen LogP contribution is -2.17. The number of aliphatic hydroxyl groups excluding tert-OH is 1. The number of anilines is 1. The molecule has 0 fully saturated rings. The molecule has 2 N–H and O–H groups in total. The fourth-order valence-corrected chi connectivity index (χ4v) is 1.98. The van der Waals surface area contributed by atoms with E-state index in [0.29, 0.717) is 17.9 Å². The third-order valence-electron chi connectivity index (χ3n) is 2.98. The predicted molar refractivity (Wildman–Crippen MR) is 79.3 cm³/mol. The van der Waals surface area contributed by atoms with Gasteiger partial charge in [-0.1, -0.05) is 30.3 Å². The number of rotatable bonds is 4. The molecule has 20 heavy (non-hydrogen) atoms. The highest BCUT2D eigenvalue weighted by atomic mass is 16.3. The van der Waals surface area contributed by atoms with Crippen molar-refractivity contribution >= 4 is 5.82 Å². The van der Waals surface area contributed by atoms with Crippen molar-refractivity contribution in [3.63, 3.8) is 0 Å². The SMILES string of the molecule is Cc1nc(NCC(C)O)c(C#N)cc1-c1ccccc1. The summed E-state index contributed by atoms with van der Waals surface area (Å²) in [6.45, 7) is 3.97. The van der Waals surface area contributed by atoms with Crippen molar-refractivity contribution in [2.24, 2.45) is 0 Å². The van der Waals surface area contributed by atoms with Crippen LogP contribution in [-0.4, -0.2) is 22.7 Å². The van der Waals surface area contributed by atoms with Crippen LogP contribution in [0.25, 0.3) is 11.1 Å². The summed E-state index contributed by atoms with van der Waals surface area (Å²) < 4.78 is 0. The van der Waals surface area contributed by atoms with E-state index in [4.69, 9.17) is 0 Å². The van der Waals surface area contributed by atoms with E-state index in [1.165, 1.54) is 0 Å². The van der Waals surface area contributed by atoms with Crippen molar-refractivity contribution in [1.82, 2.24) is 4.98 Å². The van der Waals surface area contributed by atoms with Crippen LogP contribution in [0.5, 0.6) is 0 Å². The smallest absolute Gasteiger partial charge is 0.144 e. The molecule has 4 nitrogen and oxygen atoms in total. The summed E-state index contributed by atoms with van der Waals surface area (Å²) in [6.07, 6.45) is -0.488. The van der Waals surface area contributed by atoms with Crippen molar-refractivity contribution in [2.75, 3.05) is 11.9 Å². The average Bonchev–Trinajstić information content (AvgIpc) is 2.46. The predicted octanol–water partition coefficient (Wildman–Crippen LogP) is 2.72. The number of aryl methyl sites for hydroxylation is 1. The van der Waals surface area contributed by atoms with E-state index in [0.717, 1.165) is 16.8 Å². The lowest BCUT2D eigenvalue weighted by molar-refractivity contribution is 0.208. The minimum absolute atomic E-state index is 0.367. The lowest BCUT2D eigenvalue weighted by Gasteiger charge is -2.13. The zero-order chi connectivity index (χ0) is 14.5. The molecular weight excluding hydrogens is 250 g/mol. The highest BCUT2D eigenvalue weighted by Crippen LogP contribution is 2.26. The van der Waals surface area contributed by atoms with Gasteiger partial charge in [-0.25, -0.2) is 4.98 Å². The fourth-order valence-electron chi connectivity index (χ4n) is 1.98. The maximum atomic E-state index is 9.31.